The SMILES string of the molecule is O=[N+]([O-])c1ccc2c3c(ccc([N+](=O)[O-])c13)-c1nc3ccccc3nc1-2. The van der Waals surface area contributed by atoms with Crippen molar-refractivity contribution >= 4 is 33.2 Å². The molecule has 0 unspecified atom stereocenters. The predicted molar refractivity (Wildman–Crippen MR) is 94.8 cm³/mol. The number of rotatable bonds is 2. The molecule has 0 aliphatic heterocycles. The highest BCUT2D eigenvalue weighted by atomic mass is 16.6. The summed E-state index contributed by atoms with van der Waals surface area (Å²) in [6.07, 6.45) is 0. The first-order valence-corrected chi connectivity index (χ1v) is 7.72. The van der Waals surface area contributed by atoms with Gasteiger partial charge in [-0.05, 0) is 24.3 Å². The normalized spacial score (nSPS) is 11.7. The van der Waals surface area contributed by atoms with E-state index in [1.807, 2.05) is 24.3 Å². The first-order valence-electron chi connectivity index (χ1n) is 7.72. The second-order valence-corrected chi connectivity index (χ2v) is 5.94. The van der Waals surface area contributed by atoms with E-state index in [1.54, 1.807) is 12.1 Å². The Morgan fingerprint density at radius 2 is 1.12 bits per heavy atom. The Kier molecular flexibility index (Phi) is 2.65. The monoisotopic (exact) mass is 344 g/mol. The molecule has 4 aromatic rings. The van der Waals surface area contributed by atoms with Crippen LogP contribution in [-0.4, -0.2) is 19.8 Å². The number of nitrogens with zero attached hydrogens (tertiary/aromatic N) is 4. The van der Waals surface area contributed by atoms with Crippen LogP contribution in [0.5, 0.6) is 0 Å². The molecule has 124 valence electrons. The molecule has 3 aromatic carbocycles. The van der Waals surface area contributed by atoms with Crippen LogP contribution in [0.15, 0.2) is 48.5 Å². The van der Waals surface area contributed by atoms with Gasteiger partial charge >= 0.3 is 0 Å². The molecule has 8 heteroatoms. The standard InChI is InChI=1S/C18H8N4O4/c23-21(24)13-7-5-9-15-10(6-8-14(16(13)15)22(25)26)18-17(9)19-11-3-1-2-4-12(11)20-18/h1-8H. The molecule has 0 bridgehead atoms. The van der Waals surface area contributed by atoms with Crippen molar-refractivity contribution in [3.05, 3.63) is 68.8 Å². The summed E-state index contributed by atoms with van der Waals surface area (Å²) in [6.45, 7) is 0. The largest absolute Gasteiger partial charge is 0.284 e. The number of para-hydroxylation sites is 2. The number of non-ortho nitro benzene ring substituents is 2. The van der Waals surface area contributed by atoms with Gasteiger partial charge in [-0.3, -0.25) is 20.2 Å². The second-order valence-electron chi connectivity index (χ2n) is 5.94. The molecule has 5 rings (SSSR count). The van der Waals surface area contributed by atoms with Crippen LogP contribution in [0.3, 0.4) is 0 Å². The Balaban J connectivity index is 1.98. The molecule has 1 aliphatic carbocycles. The summed E-state index contributed by atoms with van der Waals surface area (Å²) in [5, 5.41) is 23.4. The third kappa shape index (κ3) is 1.72. The topological polar surface area (TPSA) is 112 Å². The maximum Gasteiger partial charge on any atom is 0.284 e. The van der Waals surface area contributed by atoms with Crippen molar-refractivity contribution in [2.75, 3.05) is 0 Å². The fourth-order valence-corrected chi connectivity index (χ4v) is 3.53. The minimum absolute atomic E-state index is 0.0128. The van der Waals surface area contributed by atoms with Crippen LogP contribution in [0.1, 0.15) is 0 Å². The fraction of sp³-hybridized carbons (Fsp3) is 0. The van der Waals surface area contributed by atoms with Crippen molar-refractivity contribution < 1.29 is 9.85 Å². The molecule has 26 heavy (non-hydrogen) atoms. The van der Waals surface area contributed by atoms with E-state index in [1.165, 1.54) is 12.1 Å². The molecule has 0 N–H and O–H groups in total. The van der Waals surface area contributed by atoms with Gasteiger partial charge in [-0.1, -0.05) is 12.1 Å². The number of nitro groups is 2. The highest BCUT2D eigenvalue weighted by Gasteiger charge is 2.32. The van der Waals surface area contributed by atoms with E-state index < -0.39 is 9.85 Å². The summed E-state index contributed by atoms with van der Waals surface area (Å²) >= 11 is 0. The van der Waals surface area contributed by atoms with E-state index in [0.29, 0.717) is 38.9 Å². The van der Waals surface area contributed by atoms with Crippen molar-refractivity contribution in [2.45, 2.75) is 0 Å². The van der Waals surface area contributed by atoms with Crippen molar-refractivity contribution in [2.24, 2.45) is 0 Å². The zero-order chi connectivity index (χ0) is 18.0. The lowest BCUT2D eigenvalue weighted by Crippen LogP contribution is -1.95. The summed E-state index contributed by atoms with van der Waals surface area (Å²) in [5.74, 6) is 0. The Bertz CT molecular complexity index is 1200. The zero-order valence-corrected chi connectivity index (χ0v) is 13.0. The van der Waals surface area contributed by atoms with Crippen LogP contribution in [0.2, 0.25) is 0 Å². The average molecular weight is 344 g/mol. The minimum atomic E-state index is -0.601. The van der Waals surface area contributed by atoms with Crippen LogP contribution in [0, 0.1) is 20.2 Å². The smallest absolute Gasteiger partial charge is 0.258 e. The Hall–Kier alpha value is -3.94. The molecule has 0 amide bonds. The molecule has 0 saturated heterocycles. The summed E-state index contributed by atoms with van der Waals surface area (Å²) in [4.78, 5) is 31.0. The Labute approximate surface area is 145 Å². The van der Waals surface area contributed by atoms with Gasteiger partial charge in [-0.15, -0.1) is 0 Å². The third-order valence-corrected chi connectivity index (χ3v) is 4.59. The van der Waals surface area contributed by atoms with Crippen molar-refractivity contribution in [3.63, 3.8) is 0 Å². The molecule has 8 nitrogen and oxygen atoms in total. The van der Waals surface area contributed by atoms with Crippen molar-refractivity contribution in [3.8, 4) is 22.5 Å². The molecular weight excluding hydrogens is 336 g/mol. The highest BCUT2D eigenvalue weighted by molar-refractivity contribution is 6.19. The molecule has 0 spiro atoms. The van der Waals surface area contributed by atoms with Gasteiger partial charge in [0.15, 0.2) is 0 Å². The number of aromatic nitrogens is 2. The molecule has 1 heterocycles. The third-order valence-electron chi connectivity index (χ3n) is 4.59. The quantitative estimate of drug-likeness (QED) is 0.349. The van der Waals surface area contributed by atoms with Crippen LogP contribution >= 0.6 is 0 Å². The lowest BCUT2D eigenvalue weighted by molar-refractivity contribution is -0.390. The fourth-order valence-electron chi connectivity index (χ4n) is 3.53. The second kappa shape index (κ2) is 4.79. The Morgan fingerprint density at radius 3 is 1.54 bits per heavy atom. The number of hydrogen-bond donors (Lipinski definition) is 0. The molecule has 1 aliphatic rings. The van der Waals surface area contributed by atoms with E-state index in [-0.39, 0.29) is 16.8 Å². The Morgan fingerprint density at radius 1 is 0.654 bits per heavy atom. The van der Waals surface area contributed by atoms with Crippen LogP contribution in [0.25, 0.3) is 44.3 Å². The van der Waals surface area contributed by atoms with Gasteiger partial charge in [0.1, 0.15) is 5.39 Å². The minimum Gasteiger partial charge on any atom is -0.258 e. The van der Waals surface area contributed by atoms with Crippen LogP contribution in [-0.2, 0) is 0 Å². The number of benzene rings is 3. The summed E-state index contributed by atoms with van der Waals surface area (Å²) in [5.41, 5.74) is 3.21. The summed E-state index contributed by atoms with van der Waals surface area (Å²) in [7, 11) is 0. The van der Waals surface area contributed by atoms with E-state index in [4.69, 9.17) is 0 Å². The van der Waals surface area contributed by atoms with Crippen molar-refractivity contribution in [1.29, 1.82) is 0 Å². The summed E-state index contributed by atoms with van der Waals surface area (Å²) < 4.78 is 0. The predicted octanol–water partition coefficient (Wildman–Crippen LogP) is 4.25. The van der Waals surface area contributed by atoms with Gasteiger partial charge in [0.25, 0.3) is 11.4 Å². The number of nitro benzene ring substituents is 2. The lowest BCUT2D eigenvalue weighted by Gasteiger charge is -2.03. The maximum atomic E-state index is 11.4. The molecule has 0 fully saturated rings. The average Bonchev–Trinajstić information content (AvgIpc) is 2.94. The van der Waals surface area contributed by atoms with Gasteiger partial charge in [0, 0.05) is 28.6 Å². The highest BCUT2D eigenvalue weighted by Crippen LogP contribution is 2.50. The van der Waals surface area contributed by atoms with Gasteiger partial charge in [0.2, 0.25) is 0 Å². The van der Waals surface area contributed by atoms with E-state index in [9.17, 15) is 20.2 Å². The van der Waals surface area contributed by atoms with Gasteiger partial charge in [0.05, 0.1) is 32.3 Å². The first kappa shape index (κ1) is 14.4. The van der Waals surface area contributed by atoms with Crippen molar-refractivity contribution in [1.82, 2.24) is 9.97 Å². The molecule has 0 saturated carbocycles. The lowest BCUT2D eigenvalue weighted by atomic mass is 10.0. The van der Waals surface area contributed by atoms with E-state index in [2.05, 4.69) is 9.97 Å². The number of fused-ring (bicyclic) bond motifs is 4. The molecule has 0 atom stereocenters. The molecule has 0 radical (unpaired) electrons. The zero-order valence-electron chi connectivity index (χ0n) is 13.0. The number of hydrogen-bond acceptors (Lipinski definition) is 6. The van der Waals surface area contributed by atoms with Gasteiger partial charge in [-0.25, -0.2) is 9.97 Å². The maximum absolute atomic E-state index is 11.4. The van der Waals surface area contributed by atoms with Gasteiger partial charge in [-0.2, -0.15) is 0 Å². The van der Waals surface area contributed by atoms with Crippen LogP contribution < -0.4 is 0 Å². The van der Waals surface area contributed by atoms with Crippen LogP contribution in [0.4, 0.5) is 11.4 Å². The van der Waals surface area contributed by atoms with E-state index in [0.717, 1.165) is 0 Å². The van der Waals surface area contributed by atoms with E-state index >= 15 is 0 Å². The summed E-state index contributed by atoms with van der Waals surface area (Å²) in [6, 6.07) is 13.1. The van der Waals surface area contributed by atoms with Gasteiger partial charge < -0.3 is 0 Å². The first-order chi connectivity index (χ1) is 12.6. The molecule has 1 aromatic heterocycles. The molecular formula is C18H8N4O4.